The highest BCUT2D eigenvalue weighted by Gasteiger charge is 2.49. The third-order valence-corrected chi connectivity index (χ3v) is 4.08. The van der Waals surface area contributed by atoms with Crippen LogP contribution >= 0.6 is 0 Å². The quantitative estimate of drug-likeness (QED) is 0.824. The molecule has 0 saturated heterocycles. The molecule has 1 N–H and O–H groups in total. The molecule has 0 radical (unpaired) electrons. The van der Waals surface area contributed by atoms with E-state index in [4.69, 9.17) is 9.47 Å². The van der Waals surface area contributed by atoms with Crippen LogP contribution in [0.5, 0.6) is 11.5 Å². The molecule has 6 nitrogen and oxygen atoms in total. The van der Waals surface area contributed by atoms with Crippen LogP contribution in [-0.4, -0.2) is 39.8 Å². The maximum Gasteiger partial charge on any atom is 0.408 e. The summed E-state index contributed by atoms with van der Waals surface area (Å²) in [6.07, 6.45) is -3.23. The second-order valence-corrected chi connectivity index (χ2v) is 6.03. The van der Waals surface area contributed by atoms with Gasteiger partial charge in [0.1, 0.15) is 30.5 Å². The predicted molar refractivity (Wildman–Crippen MR) is 81.4 cm³/mol. The first-order chi connectivity index (χ1) is 11.8. The van der Waals surface area contributed by atoms with Crippen LogP contribution in [0.2, 0.25) is 0 Å². The average molecular weight is 357 g/mol. The molecule has 0 amide bonds. The summed E-state index contributed by atoms with van der Waals surface area (Å²) in [5.74, 6) is 1.40. The van der Waals surface area contributed by atoms with Crippen molar-refractivity contribution in [3.05, 3.63) is 35.9 Å². The smallest absolute Gasteiger partial charge is 0.408 e. The molecule has 0 spiro atoms. The monoisotopic (exact) mass is 357 g/mol. The van der Waals surface area contributed by atoms with Gasteiger partial charge < -0.3 is 14.6 Å². The molecule has 0 aliphatic heterocycles. The number of ether oxygens (including phenoxy) is 2. The number of nitrogens with zero attached hydrogens (tertiary/aromatic N) is 3. The molecule has 2 aromatic rings. The van der Waals surface area contributed by atoms with Gasteiger partial charge in [-0.05, 0) is 25.0 Å². The summed E-state index contributed by atoms with van der Waals surface area (Å²) in [5.41, 5.74) is -0.716. The number of aliphatic hydroxyl groups excluding tert-OH is 1. The molecule has 136 valence electrons. The number of rotatable bonds is 7. The van der Waals surface area contributed by atoms with Crippen LogP contribution in [0, 0.1) is 0 Å². The van der Waals surface area contributed by atoms with Crippen molar-refractivity contribution in [2.45, 2.75) is 37.6 Å². The zero-order valence-electron chi connectivity index (χ0n) is 13.6. The van der Waals surface area contributed by atoms with Gasteiger partial charge in [-0.3, -0.25) is 0 Å². The van der Waals surface area contributed by atoms with Crippen LogP contribution < -0.4 is 9.47 Å². The number of alkyl halides is 3. The van der Waals surface area contributed by atoms with E-state index in [-0.39, 0.29) is 24.9 Å². The van der Waals surface area contributed by atoms with Crippen molar-refractivity contribution in [2.24, 2.45) is 0 Å². The van der Waals surface area contributed by atoms with Gasteiger partial charge in [0.2, 0.25) is 0 Å². The zero-order chi connectivity index (χ0) is 18.1. The minimum atomic E-state index is -4.42. The maximum atomic E-state index is 12.8. The van der Waals surface area contributed by atoms with Crippen LogP contribution in [-0.2, 0) is 18.6 Å². The molecule has 1 heterocycles. The fourth-order valence-electron chi connectivity index (χ4n) is 2.56. The number of methoxy groups -OCH3 is 1. The average Bonchev–Trinajstić information content (AvgIpc) is 3.27. The van der Waals surface area contributed by atoms with Crippen molar-refractivity contribution in [2.75, 3.05) is 13.7 Å². The van der Waals surface area contributed by atoms with E-state index in [0.29, 0.717) is 24.3 Å². The highest BCUT2D eigenvalue weighted by molar-refractivity contribution is 5.32. The lowest BCUT2D eigenvalue weighted by Crippen LogP contribution is -2.25. The molecule has 1 aliphatic carbocycles. The van der Waals surface area contributed by atoms with Gasteiger partial charge in [0.05, 0.1) is 19.1 Å². The molecule has 0 bridgehead atoms. The standard InChI is InChI=1S/C16H18F3N3O3/c1-24-11-3-2-4-12(7-11)25-8-13-20-14(15(10-23)5-6-15)22(21-13)9-16(17,18)19/h2-4,7,23H,5-6,8-10H2,1H3. The van der Waals surface area contributed by atoms with Gasteiger partial charge in [-0.25, -0.2) is 9.67 Å². The minimum absolute atomic E-state index is 0.0769. The second-order valence-electron chi connectivity index (χ2n) is 6.03. The fourth-order valence-corrected chi connectivity index (χ4v) is 2.56. The Kier molecular flexibility index (Phi) is 4.59. The van der Waals surface area contributed by atoms with Crippen molar-refractivity contribution in [3.8, 4) is 11.5 Å². The summed E-state index contributed by atoms with van der Waals surface area (Å²) in [5, 5.41) is 13.4. The summed E-state index contributed by atoms with van der Waals surface area (Å²) < 4.78 is 49.8. The Morgan fingerprint density at radius 3 is 2.60 bits per heavy atom. The lowest BCUT2D eigenvalue weighted by atomic mass is 10.1. The van der Waals surface area contributed by atoms with Gasteiger partial charge in [-0.15, -0.1) is 0 Å². The van der Waals surface area contributed by atoms with E-state index in [9.17, 15) is 18.3 Å². The summed E-state index contributed by atoms with van der Waals surface area (Å²) in [6, 6.07) is 6.84. The number of aromatic nitrogens is 3. The van der Waals surface area contributed by atoms with Gasteiger partial charge in [-0.1, -0.05) is 6.07 Å². The van der Waals surface area contributed by atoms with E-state index >= 15 is 0 Å². The number of benzene rings is 1. The number of halogens is 3. The van der Waals surface area contributed by atoms with E-state index in [0.717, 1.165) is 4.68 Å². The van der Waals surface area contributed by atoms with Gasteiger partial charge in [0, 0.05) is 6.07 Å². The van der Waals surface area contributed by atoms with E-state index < -0.39 is 18.1 Å². The third kappa shape index (κ3) is 4.04. The summed E-state index contributed by atoms with van der Waals surface area (Å²) >= 11 is 0. The first-order valence-corrected chi connectivity index (χ1v) is 7.74. The molecule has 1 fully saturated rings. The summed E-state index contributed by atoms with van der Waals surface area (Å²) in [4.78, 5) is 4.19. The van der Waals surface area contributed by atoms with Crippen molar-refractivity contribution >= 4 is 0 Å². The lowest BCUT2D eigenvalue weighted by molar-refractivity contribution is -0.143. The number of hydrogen-bond acceptors (Lipinski definition) is 5. The molecule has 0 unspecified atom stereocenters. The van der Waals surface area contributed by atoms with Crippen LogP contribution in [0.25, 0.3) is 0 Å². The van der Waals surface area contributed by atoms with Crippen molar-refractivity contribution in [3.63, 3.8) is 0 Å². The zero-order valence-corrected chi connectivity index (χ0v) is 13.6. The Hall–Kier alpha value is -2.29. The second kappa shape index (κ2) is 6.55. The van der Waals surface area contributed by atoms with Crippen molar-refractivity contribution < 1.29 is 27.8 Å². The number of aliphatic hydroxyl groups is 1. The van der Waals surface area contributed by atoms with Crippen molar-refractivity contribution in [1.29, 1.82) is 0 Å². The van der Waals surface area contributed by atoms with Gasteiger partial charge >= 0.3 is 6.18 Å². The van der Waals surface area contributed by atoms with E-state index in [1.807, 2.05) is 0 Å². The molecular weight excluding hydrogens is 339 g/mol. The lowest BCUT2D eigenvalue weighted by Gasteiger charge is -2.13. The molecule has 25 heavy (non-hydrogen) atoms. The molecule has 1 aromatic heterocycles. The predicted octanol–water partition coefficient (Wildman–Crippen LogP) is 2.45. The normalized spacial score (nSPS) is 15.9. The van der Waals surface area contributed by atoms with E-state index in [1.165, 1.54) is 7.11 Å². The molecule has 0 atom stereocenters. The number of hydrogen-bond donors (Lipinski definition) is 1. The Balaban J connectivity index is 1.78. The Bertz CT molecular complexity index is 742. The Labute approximate surface area is 142 Å². The molecule has 3 rings (SSSR count). The molecule has 1 aliphatic rings. The first kappa shape index (κ1) is 17.5. The summed E-state index contributed by atoms with van der Waals surface area (Å²) in [6.45, 7) is -1.57. The van der Waals surface area contributed by atoms with Crippen molar-refractivity contribution in [1.82, 2.24) is 14.8 Å². The highest BCUT2D eigenvalue weighted by atomic mass is 19.4. The highest BCUT2D eigenvalue weighted by Crippen LogP contribution is 2.47. The maximum absolute atomic E-state index is 12.8. The third-order valence-electron chi connectivity index (χ3n) is 4.08. The van der Waals surface area contributed by atoms with Gasteiger partial charge in [0.25, 0.3) is 0 Å². The first-order valence-electron chi connectivity index (χ1n) is 7.74. The molecule has 1 aromatic carbocycles. The van der Waals surface area contributed by atoms with Crippen LogP contribution in [0.4, 0.5) is 13.2 Å². The van der Waals surface area contributed by atoms with Gasteiger partial charge in [0.15, 0.2) is 5.82 Å². The summed E-state index contributed by atoms with van der Waals surface area (Å²) in [7, 11) is 1.52. The Morgan fingerprint density at radius 1 is 1.28 bits per heavy atom. The van der Waals surface area contributed by atoms with Gasteiger partial charge in [-0.2, -0.15) is 18.3 Å². The van der Waals surface area contributed by atoms with Crippen LogP contribution in [0.15, 0.2) is 24.3 Å². The topological polar surface area (TPSA) is 69.4 Å². The molecule has 9 heteroatoms. The molecular formula is C16H18F3N3O3. The van der Waals surface area contributed by atoms with E-state index in [2.05, 4.69) is 10.1 Å². The van der Waals surface area contributed by atoms with E-state index in [1.54, 1.807) is 24.3 Å². The van der Waals surface area contributed by atoms with Crippen LogP contribution in [0.3, 0.4) is 0 Å². The largest absolute Gasteiger partial charge is 0.497 e. The fraction of sp³-hybridized carbons (Fsp3) is 0.500. The SMILES string of the molecule is COc1cccc(OCc2nc(C3(CO)CC3)n(CC(F)(F)F)n2)c1. The minimum Gasteiger partial charge on any atom is -0.497 e. The molecule has 1 saturated carbocycles. The Morgan fingerprint density at radius 2 is 2.00 bits per heavy atom. The van der Waals surface area contributed by atoms with Crippen LogP contribution in [0.1, 0.15) is 24.5 Å².